The molecule has 106 valence electrons. The van der Waals surface area contributed by atoms with E-state index in [9.17, 15) is 13.4 Å². The molecule has 20 heavy (non-hydrogen) atoms. The molecule has 0 bridgehead atoms. The molecule has 1 atom stereocenters. The van der Waals surface area contributed by atoms with Crippen LogP contribution in [0.3, 0.4) is 0 Å². The van der Waals surface area contributed by atoms with Crippen molar-refractivity contribution in [1.82, 2.24) is 15.0 Å². The summed E-state index contributed by atoms with van der Waals surface area (Å²) in [6.07, 6.45) is 1.25. The second kappa shape index (κ2) is 6.10. The minimum atomic E-state index is -1.39. The number of aryl methyl sites for hydroxylation is 1. The molecule has 1 unspecified atom stereocenters. The average Bonchev–Trinajstić information content (AvgIpc) is 2.88. The summed E-state index contributed by atoms with van der Waals surface area (Å²) in [7, 11) is -1.39. The predicted octanol–water partition coefficient (Wildman–Crippen LogP) is 1.58. The molecule has 0 aliphatic heterocycles. The topological polar surface area (TPSA) is 85.1 Å². The van der Waals surface area contributed by atoms with Gasteiger partial charge in [0.25, 0.3) is 0 Å². The molecule has 0 saturated carbocycles. The van der Waals surface area contributed by atoms with E-state index >= 15 is 0 Å². The van der Waals surface area contributed by atoms with E-state index in [0.717, 1.165) is 6.07 Å². The smallest absolute Gasteiger partial charge is 0.358 e. The lowest BCUT2D eigenvalue weighted by molar-refractivity contribution is 0.0690. The van der Waals surface area contributed by atoms with Gasteiger partial charge in [0.1, 0.15) is 5.82 Å². The van der Waals surface area contributed by atoms with Crippen molar-refractivity contribution < 1.29 is 18.5 Å². The van der Waals surface area contributed by atoms with Gasteiger partial charge in [-0.15, -0.1) is 5.10 Å². The minimum Gasteiger partial charge on any atom is -0.476 e. The molecule has 1 N–H and O–H groups in total. The highest BCUT2D eigenvalue weighted by molar-refractivity contribution is 7.85. The van der Waals surface area contributed by atoms with Crippen molar-refractivity contribution in [2.24, 2.45) is 0 Å². The van der Waals surface area contributed by atoms with Crippen molar-refractivity contribution in [2.45, 2.75) is 11.4 Å². The number of rotatable bonds is 5. The maximum atomic E-state index is 13.0. The molecule has 0 amide bonds. The standard InChI is InChI=1S/C11H9ClFN3O3S/c12-8-5-7(1-2-9(8)13)20(19)4-3-16-6-10(11(17)18)14-15-16/h1-2,5-6H,3-4H2,(H,17,18). The van der Waals surface area contributed by atoms with Gasteiger partial charge in [0.2, 0.25) is 0 Å². The van der Waals surface area contributed by atoms with Crippen LogP contribution in [0, 0.1) is 5.82 Å². The molecule has 0 fully saturated rings. The fraction of sp³-hybridized carbons (Fsp3) is 0.182. The van der Waals surface area contributed by atoms with Crippen LogP contribution in [0.4, 0.5) is 4.39 Å². The summed E-state index contributed by atoms with van der Waals surface area (Å²) in [6, 6.07) is 3.84. The van der Waals surface area contributed by atoms with Crippen molar-refractivity contribution in [3.8, 4) is 0 Å². The normalized spacial score (nSPS) is 12.3. The molecule has 2 rings (SSSR count). The molecule has 0 saturated heterocycles. The Hall–Kier alpha value is -1.80. The highest BCUT2D eigenvalue weighted by atomic mass is 35.5. The Morgan fingerprint density at radius 3 is 2.85 bits per heavy atom. The van der Waals surface area contributed by atoms with Gasteiger partial charge in [0.05, 0.1) is 28.6 Å². The monoisotopic (exact) mass is 317 g/mol. The summed E-state index contributed by atoms with van der Waals surface area (Å²) in [5, 5.41) is 15.6. The van der Waals surface area contributed by atoms with Crippen molar-refractivity contribution in [2.75, 3.05) is 5.75 Å². The third-order valence-corrected chi connectivity index (χ3v) is 4.04. The van der Waals surface area contributed by atoms with E-state index < -0.39 is 22.6 Å². The average molecular weight is 318 g/mol. The van der Waals surface area contributed by atoms with Gasteiger partial charge >= 0.3 is 5.97 Å². The van der Waals surface area contributed by atoms with Crippen LogP contribution in [0.5, 0.6) is 0 Å². The van der Waals surface area contributed by atoms with Crippen molar-refractivity contribution >= 4 is 28.4 Å². The van der Waals surface area contributed by atoms with Gasteiger partial charge in [0.15, 0.2) is 5.69 Å². The predicted molar refractivity (Wildman–Crippen MR) is 69.7 cm³/mol. The zero-order chi connectivity index (χ0) is 14.7. The molecule has 0 radical (unpaired) electrons. The van der Waals surface area contributed by atoms with Gasteiger partial charge in [-0.1, -0.05) is 16.8 Å². The Bertz CT molecular complexity index is 677. The van der Waals surface area contributed by atoms with Crippen LogP contribution in [0.2, 0.25) is 5.02 Å². The van der Waals surface area contributed by atoms with Gasteiger partial charge < -0.3 is 5.11 Å². The molecular formula is C11H9ClFN3O3S. The Kier molecular flexibility index (Phi) is 4.46. The van der Waals surface area contributed by atoms with Gasteiger partial charge in [0, 0.05) is 10.6 Å². The number of aromatic nitrogens is 3. The number of carbonyl (C=O) groups is 1. The third-order valence-electron chi connectivity index (χ3n) is 2.42. The van der Waals surface area contributed by atoms with Crippen molar-refractivity contribution in [1.29, 1.82) is 0 Å². The van der Waals surface area contributed by atoms with Gasteiger partial charge in [-0.25, -0.2) is 9.18 Å². The van der Waals surface area contributed by atoms with E-state index in [1.54, 1.807) is 0 Å². The van der Waals surface area contributed by atoms with Gasteiger partial charge in [-0.05, 0) is 18.2 Å². The zero-order valence-electron chi connectivity index (χ0n) is 9.99. The molecule has 2 aromatic rings. The second-order valence-corrected chi connectivity index (χ2v) is 5.78. The van der Waals surface area contributed by atoms with Crippen LogP contribution in [0.15, 0.2) is 29.3 Å². The largest absolute Gasteiger partial charge is 0.476 e. The SMILES string of the molecule is O=C(O)c1cn(CCS(=O)c2ccc(F)c(Cl)c2)nn1. The molecule has 0 aliphatic rings. The van der Waals surface area contributed by atoms with Crippen molar-refractivity contribution in [3.05, 3.63) is 40.9 Å². The van der Waals surface area contributed by atoms with Crippen LogP contribution in [0.25, 0.3) is 0 Å². The number of halogens is 2. The fourth-order valence-corrected chi connectivity index (χ4v) is 2.72. The molecule has 1 aromatic heterocycles. The molecule has 6 nitrogen and oxygen atoms in total. The highest BCUT2D eigenvalue weighted by Crippen LogP contribution is 2.18. The first kappa shape index (κ1) is 14.6. The Morgan fingerprint density at radius 2 is 2.25 bits per heavy atom. The number of aromatic carboxylic acids is 1. The quantitative estimate of drug-likeness (QED) is 0.905. The minimum absolute atomic E-state index is 0.0928. The Labute approximate surface area is 120 Å². The number of hydrogen-bond donors (Lipinski definition) is 1. The van der Waals surface area contributed by atoms with Crippen molar-refractivity contribution in [3.63, 3.8) is 0 Å². The third kappa shape index (κ3) is 3.40. The number of hydrogen-bond acceptors (Lipinski definition) is 4. The molecule has 1 heterocycles. The lowest BCUT2D eigenvalue weighted by Gasteiger charge is -2.03. The zero-order valence-corrected chi connectivity index (χ0v) is 11.6. The van der Waals surface area contributed by atoms with E-state index in [-0.39, 0.29) is 23.0 Å². The highest BCUT2D eigenvalue weighted by Gasteiger charge is 2.11. The summed E-state index contributed by atoms with van der Waals surface area (Å²) in [5.74, 6) is -1.57. The van der Waals surface area contributed by atoms with Crippen LogP contribution >= 0.6 is 11.6 Å². The van der Waals surface area contributed by atoms with Gasteiger partial charge in [-0.3, -0.25) is 8.89 Å². The van der Waals surface area contributed by atoms with Crippen LogP contribution < -0.4 is 0 Å². The number of carboxylic acids is 1. The van der Waals surface area contributed by atoms with Crippen LogP contribution in [-0.2, 0) is 17.3 Å². The summed E-state index contributed by atoms with van der Waals surface area (Å²) >= 11 is 5.61. The molecule has 0 aliphatic carbocycles. The summed E-state index contributed by atoms with van der Waals surface area (Å²) in [5.41, 5.74) is -0.180. The first-order chi connectivity index (χ1) is 9.47. The van der Waals surface area contributed by atoms with Crippen LogP contribution in [-0.4, -0.2) is 36.0 Å². The van der Waals surface area contributed by atoms with E-state index in [1.165, 1.54) is 23.0 Å². The molecule has 0 spiro atoms. The number of benzene rings is 1. The summed E-state index contributed by atoms with van der Waals surface area (Å²) < 4.78 is 26.2. The van der Waals surface area contributed by atoms with Crippen LogP contribution in [0.1, 0.15) is 10.5 Å². The first-order valence-corrected chi connectivity index (χ1v) is 7.14. The van der Waals surface area contributed by atoms with E-state index in [4.69, 9.17) is 16.7 Å². The van der Waals surface area contributed by atoms with E-state index in [0.29, 0.717) is 4.90 Å². The molecule has 1 aromatic carbocycles. The Balaban J connectivity index is 2.00. The van der Waals surface area contributed by atoms with E-state index in [2.05, 4.69) is 10.3 Å². The lowest BCUT2D eigenvalue weighted by atomic mass is 10.3. The second-order valence-electron chi connectivity index (χ2n) is 3.80. The number of carboxylic acid groups (broad SMARTS) is 1. The van der Waals surface area contributed by atoms with Gasteiger partial charge in [-0.2, -0.15) is 0 Å². The van der Waals surface area contributed by atoms with E-state index in [1.807, 2.05) is 0 Å². The maximum absolute atomic E-state index is 13.0. The lowest BCUT2D eigenvalue weighted by Crippen LogP contribution is -2.08. The maximum Gasteiger partial charge on any atom is 0.358 e. The Morgan fingerprint density at radius 1 is 1.50 bits per heavy atom. The molecule has 9 heteroatoms. The summed E-state index contributed by atoms with van der Waals surface area (Å²) in [4.78, 5) is 11.0. The molecular weight excluding hydrogens is 309 g/mol. The summed E-state index contributed by atoms with van der Waals surface area (Å²) in [6.45, 7) is 0.224. The fourth-order valence-electron chi connectivity index (χ4n) is 1.42. The number of nitrogens with zero attached hydrogens (tertiary/aromatic N) is 3. The first-order valence-electron chi connectivity index (χ1n) is 5.44.